The van der Waals surface area contributed by atoms with Crippen LogP contribution < -0.4 is 0 Å². The molecular formula is C11H16O2. The van der Waals surface area contributed by atoms with Gasteiger partial charge in [-0.25, -0.2) is 0 Å². The molecule has 72 valence electrons. The van der Waals surface area contributed by atoms with Crippen LogP contribution in [0, 0.1) is 0 Å². The molecule has 0 aromatic carbocycles. The van der Waals surface area contributed by atoms with Gasteiger partial charge in [-0.2, -0.15) is 0 Å². The monoisotopic (exact) mass is 180 g/mol. The van der Waals surface area contributed by atoms with Gasteiger partial charge in [-0.15, -0.1) is 0 Å². The van der Waals surface area contributed by atoms with Crippen LogP contribution in [0.25, 0.3) is 0 Å². The Morgan fingerprint density at radius 2 is 2.46 bits per heavy atom. The first kappa shape index (κ1) is 10.2. The van der Waals surface area contributed by atoms with Crippen molar-refractivity contribution in [1.29, 1.82) is 0 Å². The van der Waals surface area contributed by atoms with Crippen LogP contribution in [0.2, 0.25) is 0 Å². The Hall–Kier alpha value is -0.860. The smallest absolute Gasteiger partial charge is 0.104 e. The van der Waals surface area contributed by atoms with E-state index in [-0.39, 0.29) is 0 Å². The van der Waals surface area contributed by atoms with Crippen LogP contribution in [-0.4, -0.2) is 25.9 Å². The minimum absolute atomic E-state index is 0.343. The van der Waals surface area contributed by atoms with Crippen molar-refractivity contribution in [3.63, 3.8) is 0 Å². The van der Waals surface area contributed by atoms with E-state index in [1.165, 1.54) is 0 Å². The molecule has 0 aromatic rings. The van der Waals surface area contributed by atoms with Gasteiger partial charge in [0.2, 0.25) is 0 Å². The average molecular weight is 180 g/mol. The second-order valence-corrected chi connectivity index (χ2v) is 2.95. The summed E-state index contributed by atoms with van der Waals surface area (Å²) in [6, 6.07) is 0. The van der Waals surface area contributed by atoms with Crippen LogP contribution in [0.5, 0.6) is 0 Å². The van der Waals surface area contributed by atoms with Crippen LogP contribution >= 0.6 is 0 Å². The summed E-state index contributed by atoms with van der Waals surface area (Å²) in [6.07, 6.45) is 8.08. The number of rotatable bonds is 6. The standard InChI is InChI=1S/C11H16O2/c1-3-5-10(6-4-2)7-12-8-11-9-13-11/h3-6,11H,1,7-9H2,2H3/b6-4-,10-5+. The quantitative estimate of drug-likeness (QED) is 0.461. The Balaban J connectivity index is 2.20. The van der Waals surface area contributed by atoms with Gasteiger partial charge in [0.15, 0.2) is 0 Å². The van der Waals surface area contributed by atoms with E-state index in [4.69, 9.17) is 9.47 Å². The third-order valence-corrected chi connectivity index (χ3v) is 1.69. The van der Waals surface area contributed by atoms with Crippen molar-refractivity contribution in [1.82, 2.24) is 0 Å². The number of hydrogen-bond acceptors (Lipinski definition) is 2. The fraction of sp³-hybridized carbons (Fsp3) is 0.455. The lowest BCUT2D eigenvalue weighted by Gasteiger charge is -2.01. The van der Waals surface area contributed by atoms with Crippen LogP contribution in [-0.2, 0) is 9.47 Å². The summed E-state index contributed by atoms with van der Waals surface area (Å²) in [5, 5.41) is 0. The molecule has 0 spiro atoms. The third-order valence-electron chi connectivity index (χ3n) is 1.69. The normalized spacial score (nSPS) is 22.2. The molecule has 0 amide bonds. The van der Waals surface area contributed by atoms with Gasteiger partial charge in [-0.05, 0) is 12.5 Å². The molecule has 13 heavy (non-hydrogen) atoms. The van der Waals surface area contributed by atoms with Gasteiger partial charge in [0.05, 0.1) is 19.8 Å². The Morgan fingerprint density at radius 3 is 3.00 bits per heavy atom. The summed E-state index contributed by atoms with van der Waals surface area (Å²) in [5.41, 5.74) is 1.14. The zero-order valence-corrected chi connectivity index (χ0v) is 8.03. The Labute approximate surface area is 79.5 Å². The molecule has 0 aliphatic carbocycles. The van der Waals surface area contributed by atoms with Gasteiger partial charge in [-0.3, -0.25) is 0 Å². The van der Waals surface area contributed by atoms with Crippen molar-refractivity contribution >= 4 is 0 Å². The Morgan fingerprint density at radius 1 is 1.69 bits per heavy atom. The van der Waals surface area contributed by atoms with E-state index in [1.807, 2.05) is 25.2 Å². The molecule has 0 bridgehead atoms. The van der Waals surface area contributed by atoms with Gasteiger partial charge in [0, 0.05) is 0 Å². The molecule has 0 saturated carbocycles. The van der Waals surface area contributed by atoms with Gasteiger partial charge in [-0.1, -0.05) is 30.9 Å². The first-order valence-electron chi connectivity index (χ1n) is 4.50. The molecule has 0 radical (unpaired) electrons. The summed E-state index contributed by atoms with van der Waals surface area (Å²) < 4.78 is 10.5. The largest absolute Gasteiger partial charge is 0.374 e. The van der Waals surface area contributed by atoms with Crippen LogP contribution in [0.3, 0.4) is 0 Å². The van der Waals surface area contributed by atoms with E-state index < -0.39 is 0 Å². The van der Waals surface area contributed by atoms with E-state index in [2.05, 4.69) is 6.58 Å². The molecule has 1 fully saturated rings. The molecule has 1 unspecified atom stereocenters. The second-order valence-electron chi connectivity index (χ2n) is 2.95. The highest BCUT2D eigenvalue weighted by Crippen LogP contribution is 2.09. The highest BCUT2D eigenvalue weighted by atomic mass is 16.6. The molecule has 1 saturated heterocycles. The highest BCUT2D eigenvalue weighted by Gasteiger charge is 2.22. The first-order valence-corrected chi connectivity index (χ1v) is 4.50. The molecule has 0 N–H and O–H groups in total. The van der Waals surface area contributed by atoms with Gasteiger partial charge in [0.1, 0.15) is 6.10 Å². The fourth-order valence-corrected chi connectivity index (χ4v) is 0.990. The minimum Gasteiger partial charge on any atom is -0.374 e. The summed E-state index contributed by atoms with van der Waals surface area (Å²) in [5.74, 6) is 0. The van der Waals surface area contributed by atoms with Gasteiger partial charge >= 0.3 is 0 Å². The maximum atomic E-state index is 5.43. The van der Waals surface area contributed by atoms with Crippen LogP contribution in [0.1, 0.15) is 6.92 Å². The average Bonchev–Trinajstić information content (AvgIpc) is 2.89. The minimum atomic E-state index is 0.343. The lowest BCUT2D eigenvalue weighted by molar-refractivity contribution is 0.137. The maximum absolute atomic E-state index is 5.43. The van der Waals surface area contributed by atoms with Crippen molar-refractivity contribution in [2.24, 2.45) is 0 Å². The highest BCUT2D eigenvalue weighted by molar-refractivity contribution is 5.22. The molecule has 1 heterocycles. The van der Waals surface area contributed by atoms with Gasteiger partial charge < -0.3 is 9.47 Å². The summed E-state index contributed by atoms with van der Waals surface area (Å²) in [4.78, 5) is 0. The van der Waals surface area contributed by atoms with E-state index in [1.54, 1.807) is 6.08 Å². The van der Waals surface area contributed by atoms with Crippen molar-refractivity contribution in [2.45, 2.75) is 13.0 Å². The molecule has 1 aliphatic rings. The predicted molar refractivity (Wildman–Crippen MR) is 53.7 cm³/mol. The first-order chi connectivity index (χ1) is 6.36. The molecule has 0 aromatic heterocycles. The third kappa shape index (κ3) is 4.65. The maximum Gasteiger partial charge on any atom is 0.104 e. The predicted octanol–water partition coefficient (Wildman–Crippen LogP) is 2.09. The fourth-order valence-electron chi connectivity index (χ4n) is 0.990. The lowest BCUT2D eigenvalue weighted by Crippen LogP contribution is -2.03. The zero-order chi connectivity index (χ0) is 9.52. The molecule has 2 heteroatoms. The number of allylic oxidation sites excluding steroid dienone is 3. The van der Waals surface area contributed by atoms with Crippen LogP contribution in [0.15, 0.2) is 36.5 Å². The van der Waals surface area contributed by atoms with E-state index in [9.17, 15) is 0 Å². The molecule has 1 atom stereocenters. The Bertz CT molecular complexity index is 212. The Kier molecular flexibility index (Phi) is 4.50. The molecule has 2 nitrogen and oxygen atoms in total. The molecular weight excluding hydrogens is 164 g/mol. The second kappa shape index (κ2) is 5.73. The zero-order valence-electron chi connectivity index (χ0n) is 8.03. The molecule has 1 aliphatic heterocycles. The van der Waals surface area contributed by atoms with Crippen molar-refractivity contribution in [3.8, 4) is 0 Å². The SMILES string of the molecule is C=C/C=C(\C=C/C)COCC1CO1. The van der Waals surface area contributed by atoms with E-state index in [0.717, 1.165) is 12.2 Å². The van der Waals surface area contributed by atoms with Crippen LogP contribution in [0.4, 0.5) is 0 Å². The number of epoxide rings is 1. The van der Waals surface area contributed by atoms with E-state index >= 15 is 0 Å². The summed E-state index contributed by atoms with van der Waals surface area (Å²) in [6.45, 7) is 7.82. The summed E-state index contributed by atoms with van der Waals surface area (Å²) >= 11 is 0. The van der Waals surface area contributed by atoms with Crippen molar-refractivity contribution in [3.05, 3.63) is 36.5 Å². The number of hydrogen-bond donors (Lipinski definition) is 0. The van der Waals surface area contributed by atoms with E-state index in [0.29, 0.717) is 19.3 Å². The topological polar surface area (TPSA) is 21.8 Å². The number of ether oxygens (including phenoxy) is 2. The lowest BCUT2D eigenvalue weighted by atomic mass is 10.2. The summed E-state index contributed by atoms with van der Waals surface area (Å²) in [7, 11) is 0. The molecule has 1 rings (SSSR count). The van der Waals surface area contributed by atoms with Gasteiger partial charge in [0.25, 0.3) is 0 Å². The van der Waals surface area contributed by atoms with Crippen molar-refractivity contribution < 1.29 is 9.47 Å². The van der Waals surface area contributed by atoms with Crippen molar-refractivity contribution in [2.75, 3.05) is 19.8 Å².